The highest BCUT2D eigenvalue weighted by molar-refractivity contribution is 6.05. The number of fused-ring (bicyclic) bond motifs is 1. The molecule has 1 atom stereocenters. The Morgan fingerprint density at radius 3 is 2.67 bits per heavy atom. The van der Waals surface area contributed by atoms with Gasteiger partial charge in [-0.15, -0.1) is 0 Å². The van der Waals surface area contributed by atoms with Crippen molar-refractivity contribution in [3.8, 4) is 5.75 Å². The van der Waals surface area contributed by atoms with Gasteiger partial charge >= 0.3 is 5.97 Å². The molecule has 7 nitrogen and oxygen atoms in total. The first-order chi connectivity index (χ1) is 11.6. The van der Waals surface area contributed by atoms with E-state index >= 15 is 0 Å². The number of carbonyl (C=O) groups is 2. The third-order valence-electron chi connectivity index (χ3n) is 3.60. The molecule has 2 aromatic carbocycles. The van der Waals surface area contributed by atoms with Crippen molar-refractivity contribution < 1.29 is 28.9 Å². The molecule has 7 heteroatoms. The van der Waals surface area contributed by atoms with E-state index in [0.717, 1.165) is 10.8 Å². The predicted octanol–water partition coefficient (Wildman–Crippen LogP) is 1.66. The Balaban J connectivity index is 1.84. The molecule has 0 spiro atoms. The number of carbonyl (C=O) groups excluding carboxylic acids is 1. The molecule has 0 radical (unpaired) electrons. The van der Waals surface area contributed by atoms with Gasteiger partial charge in [0.1, 0.15) is 5.75 Å². The summed E-state index contributed by atoms with van der Waals surface area (Å²) < 4.78 is 15.9. The standard InChI is InChI=1S/C17H17NO6/c19-16(20)10-24-14-6-5-13(11-3-1-2-4-12(11)14)18-17(21)15-9-22-7-8-23-15/h1-6,15H,7-10H2,(H,18,21)(H,19,20)/t15-/m0/s1. The lowest BCUT2D eigenvalue weighted by molar-refractivity contribution is -0.142. The molecule has 1 amide bonds. The molecule has 1 fully saturated rings. The van der Waals surface area contributed by atoms with Crippen LogP contribution in [-0.2, 0) is 19.1 Å². The minimum absolute atomic E-state index is 0.226. The number of ether oxygens (including phenoxy) is 3. The molecule has 24 heavy (non-hydrogen) atoms. The maximum absolute atomic E-state index is 12.3. The van der Waals surface area contributed by atoms with E-state index < -0.39 is 18.7 Å². The number of benzene rings is 2. The van der Waals surface area contributed by atoms with Gasteiger partial charge in [-0.25, -0.2) is 4.79 Å². The predicted molar refractivity (Wildman–Crippen MR) is 86.3 cm³/mol. The summed E-state index contributed by atoms with van der Waals surface area (Å²) in [5, 5.41) is 13.1. The number of amides is 1. The number of hydrogen-bond acceptors (Lipinski definition) is 5. The monoisotopic (exact) mass is 331 g/mol. The zero-order valence-corrected chi connectivity index (χ0v) is 12.9. The second kappa shape index (κ2) is 7.29. The summed E-state index contributed by atoms with van der Waals surface area (Å²) in [6, 6.07) is 10.6. The smallest absolute Gasteiger partial charge is 0.341 e. The molecule has 1 heterocycles. The van der Waals surface area contributed by atoms with Gasteiger partial charge in [0, 0.05) is 16.5 Å². The highest BCUT2D eigenvalue weighted by atomic mass is 16.6. The quantitative estimate of drug-likeness (QED) is 0.865. The summed E-state index contributed by atoms with van der Waals surface area (Å²) in [5.41, 5.74) is 0.604. The lowest BCUT2D eigenvalue weighted by Crippen LogP contribution is -2.39. The number of aliphatic carboxylic acids is 1. The summed E-state index contributed by atoms with van der Waals surface area (Å²) in [6.07, 6.45) is -0.638. The van der Waals surface area contributed by atoms with Crippen molar-refractivity contribution in [3.05, 3.63) is 36.4 Å². The van der Waals surface area contributed by atoms with Crippen LogP contribution in [0.4, 0.5) is 5.69 Å². The van der Waals surface area contributed by atoms with Crippen molar-refractivity contribution >= 4 is 28.3 Å². The third-order valence-corrected chi connectivity index (χ3v) is 3.60. The fourth-order valence-corrected chi connectivity index (χ4v) is 2.50. The van der Waals surface area contributed by atoms with Gasteiger partial charge in [0.2, 0.25) is 0 Å². The lowest BCUT2D eigenvalue weighted by atomic mass is 10.1. The Morgan fingerprint density at radius 1 is 1.17 bits per heavy atom. The van der Waals surface area contributed by atoms with Crippen LogP contribution >= 0.6 is 0 Å². The van der Waals surface area contributed by atoms with E-state index in [1.54, 1.807) is 12.1 Å². The molecule has 1 saturated heterocycles. The first kappa shape index (κ1) is 16.2. The molecule has 1 aliphatic heterocycles. The van der Waals surface area contributed by atoms with E-state index in [2.05, 4.69) is 5.32 Å². The van der Waals surface area contributed by atoms with Crippen molar-refractivity contribution in [2.75, 3.05) is 31.7 Å². The van der Waals surface area contributed by atoms with Crippen LogP contribution in [0, 0.1) is 0 Å². The zero-order valence-electron chi connectivity index (χ0n) is 12.9. The van der Waals surface area contributed by atoms with Crippen molar-refractivity contribution in [2.24, 2.45) is 0 Å². The van der Waals surface area contributed by atoms with Gasteiger partial charge < -0.3 is 24.6 Å². The van der Waals surface area contributed by atoms with Gasteiger partial charge in [-0.2, -0.15) is 0 Å². The third kappa shape index (κ3) is 3.64. The number of carboxylic acid groups (broad SMARTS) is 1. The van der Waals surface area contributed by atoms with E-state index in [1.165, 1.54) is 0 Å². The average Bonchev–Trinajstić information content (AvgIpc) is 2.61. The molecular formula is C17H17NO6. The summed E-state index contributed by atoms with van der Waals surface area (Å²) in [4.78, 5) is 23.0. The van der Waals surface area contributed by atoms with Crippen molar-refractivity contribution in [1.82, 2.24) is 0 Å². The van der Waals surface area contributed by atoms with Crippen LogP contribution in [0.5, 0.6) is 5.75 Å². The number of hydrogen-bond donors (Lipinski definition) is 2. The molecule has 0 bridgehead atoms. The molecular weight excluding hydrogens is 314 g/mol. The molecule has 0 aromatic heterocycles. The largest absolute Gasteiger partial charge is 0.481 e. The SMILES string of the molecule is O=C(O)COc1ccc(NC(=O)[C@@H]2COCCO2)c2ccccc12. The van der Waals surface area contributed by atoms with E-state index in [1.807, 2.05) is 24.3 Å². The van der Waals surface area contributed by atoms with E-state index in [4.69, 9.17) is 19.3 Å². The van der Waals surface area contributed by atoms with Crippen LogP contribution < -0.4 is 10.1 Å². The molecule has 126 valence electrons. The van der Waals surface area contributed by atoms with Crippen LogP contribution in [0.3, 0.4) is 0 Å². The topological polar surface area (TPSA) is 94.1 Å². The first-order valence-electron chi connectivity index (χ1n) is 7.51. The van der Waals surface area contributed by atoms with Crippen LogP contribution in [0.2, 0.25) is 0 Å². The zero-order chi connectivity index (χ0) is 16.9. The van der Waals surface area contributed by atoms with E-state index in [-0.39, 0.29) is 12.5 Å². The number of anilines is 1. The van der Waals surface area contributed by atoms with Crippen LogP contribution in [0.1, 0.15) is 0 Å². The summed E-state index contributed by atoms with van der Waals surface area (Å²) in [5.74, 6) is -0.881. The lowest BCUT2D eigenvalue weighted by Gasteiger charge is -2.22. The van der Waals surface area contributed by atoms with Crippen LogP contribution in [0.25, 0.3) is 10.8 Å². The molecule has 2 N–H and O–H groups in total. The maximum Gasteiger partial charge on any atom is 0.341 e. The minimum Gasteiger partial charge on any atom is -0.481 e. The maximum atomic E-state index is 12.3. The first-order valence-corrected chi connectivity index (χ1v) is 7.51. The molecule has 0 unspecified atom stereocenters. The Bertz CT molecular complexity index is 754. The Hall–Kier alpha value is -2.64. The fourth-order valence-electron chi connectivity index (χ4n) is 2.50. The molecule has 0 aliphatic carbocycles. The highest BCUT2D eigenvalue weighted by Gasteiger charge is 2.23. The Labute approximate surface area is 138 Å². The molecule has 1 aliphatic rings. The normalized spacial score (nSPS) is 17.4. The Kier molecular flexibility index (Phi) is 4.93. The highest BCUT2D eigenvalue weighted by Crippen LogP contribution is 2.31. The average molecular weight is 331 g/mol. The minimum atomic E-state index is -1.05. The molecule has 0 saturated carbocycles. The number of rotatable bonds is 5. The van der Waals surface area contributed by atoms with Gasteiger partial charge in [0.25, 0.3) is 5.91 Å². The molecule has 2 aromatic rings. The second-order valence-corrected chi connectivity index (χ2v) is 5.26. The van der Waals surface area contributed by atoms with Crippen molar-refractivity contribution in [1.29, 1.82) is 0 Å². The van der Waals surface area contributed by atoms with Gasteiger partial charge in [-0.1, -0.05) is 24.3 Å². The van der Waals surface area contributed by atoms with Crippen LogP contribution in [0.15, 0.2) is 36.4 Å². The van der Waals surface area contributed by atoms with Gasteiger partial charge in [0.05, 0.1) is 19.8 Å². The number of carboxylic acids is 1. The number of nitrogens with one attached hydrogen (secondary N) is 1. The van der Waals surface area contributed by atoms with Crippen molar-refractivity contribution in [2.45, 2.75) is 6.10 Å². The van der Waals surface area contributed by atoms with E-state index in [9.17, 15) is 9.59 Å². The summed E-state index contributed by atoms with van der Waals surface area (Å²) in [7, 11) is 0. The molecule has 3 rings (SSSR count). The van der Waals surface area contributed by atoms with Gasteiger partial charge in [-0.05, 0) is 12.1 Å². The van der Waals surface area contributed by atoms with Gasteiger partial charge in [0.15, 0.2) is 12.7 Å². The van der Waals surface area contributed by atoms with E-state index in [0.29, 0.717) is 24.7 Å². The summed E-state index contributed by atoms with van der Waals surface area (Å²) >= 11 is 0. The fraction of sp³-hybridized carbons (Fsp3) is 0.294. The van der Waals surface area contributed by atoms with Crippen LogP contribution in [-0.4, -0.2) is 49.5 Å². The summed E-state index contributed by atoms with van der Waals surface area (Å²) in [6.45, 7) is 0.676. The van der Waals surface area contributed by atoms with Gasteiger partial charge in [-0.3, -0.25) is 4.79 Å². The van der Waals surface area contributed by atoms with Crippen molar-refractivity contribution in [3.63, 3.8) is 0 Å². The Morgan fingerprint density at radius 2 is 1.96 bits per heavy atom. The second-order valence-electron chi connectivity index (χ2n) is 5.26.